The molecule has 0 aromatic carbocycles. The molecule has 1 rings (SSSR count). The van der Waals surface area contributed by atoms with Gasteiger partial charge in [0.25, 0.3) is 0 Å². The Bertz CT molecular complexity index is 228. The van der Waals surface area contributed by atoms with Crippen LogP contribution >= 0.6 is 0 Å². The minimum Gasteiger partial charge on any atom is -0.339 e. The van der Waals surface area contributed by atoms with E-state index in [0.29, 0.717) is 12.5 Å². The van der Waals surface area contributed by atoms with E-state index in [1.807, 2.05) is 4.90 Å². The molecule has 2 atom stereocenters. The van der Waals surface area contributed by atoms with E-state index < -0.39 is 6.04 Å². The van der Waals surface area contributed by atoms with Crippen LogP contribution in [0.15, 0.2) is 12.7 Å². The van der Waals surface area contributed by atoms with Gasteiger partial charge < -0.3 is 10.6 Å². The lowest BCUT2D eigenvalue weighted by atomic mass is 10.1. The lowest BCUT2D eigenvalue weighted by molar-refractivity contribution is -0.134. The fraction of sp³-hybridized carbons (Fsp3) is 0.750. The standard InChI is InChI=1S/C12H22N2O/c1-3-7-11(13)12(15)14-9-6-4-5-8-10(14)2/h3,10-11H,1,4-9,13H2,2H3. The third kappa shape index (κ3) is 3.34. The van der Waals surface area contributed by atoms with Crippen molar-refractivity contribution in [2.75, 3.05) is 6.54 Å². The van der Waals surface area contributed by atoms with Gasteiger partial charge in [0.1, 0.15) is 0 Å². The predicted octanol–water partition coefficient (Wildman–Crippen LogP) is 1.68. The van der Waals surface area contributed by atoms with Crippen LogP contribution in [0, 0.1) is 0 Å². The van der Waals surface area contributed by atoms with Crippen molar-refractivity contribution in [2.45, 2.75) is 51.1 Å². The molecule has 1 heterocycles. The molecule has 1 saturated heterocycles. The van der Waals surface area contributed by atoms with Gasteiger partial charge in [0.2, 0.25) is 5.91 Å². The summed E-state index contributed by atoms with van der Waals surface area (Å²) in [6.45, 7) is 6.60. The number of carbonyl (C=O) groups excluding carboxylic acids is 1. The van der Waals surface area contributed by atoms with Crippen molar-refractivity contribution in [3.8, 4) is 0 Å². The van der Waals surface area contributed by atoms with Crippen LogP contribution in [-0.4, -0.2) is 29.4 Å². The Morgan fingerprint density at radius 1 is 1.60 bits per heavy atom. The highest BCUT2D eigenvalue weighted by Gasteiger charge is 2.25. The first-order chi connectivity index (χ1) is 7.16. The number of carbonyl (C=O) groups is 1. The molecule has 0 aromatic rings. The summed E-state index contributed by atoms with van der Waals surface area (Å²) in [6, 6.07) is -0.0566. The average Bonchev–Trinajstić information content (AvgIpc) is 2.42. The van der Waals surface area contributed by atoms with E-state index in [2.05, 4.69) is 13.5 Å². The van der Waals surface area contributed by atoms with Gasteiger partial charge in [-0.15, -0.1) is 6.58 Å². The maximum atomic E-state index is 12.0. The van der Waals surface area contributed by atoms with Gasteiger partial charge >= 0.3 is 0 Å². The normalized spacial score (nSPS) is 24.4. The van der Waals surface area contributed by atoms with Crippen molar-refractivity contribution < 1.29 is 4.79 Å². The molecule has 0 aliphatic carbocycles. The highest BCUT2D eigenvalue weighted by molar-refractivity contribution is 5.82. The molecule has 0 spiro atoms. The van der Waals surface area contributed by atoms with Crippen molar-refractivity contribution in [3.63, 3.8) is 0 Å². The van der Waals surface area contributed by atoms with E-state index >= 15 is 0 Å². The fourth-order valence-corrected chi connectivity index (χ4v) is 2.10. The molecule has 2 N–H and O–H groups in total. The zero-order chi connectivity index (χ0) is 11.3. The summed E-state index contributed by atoms with van der Waals surface area (Å²) in [5.74, 6) is 0.0873. The van der Waals surface area contributed by atoms with Crippen LogP contribution in [-0.2, 0) is 4.79 Å². The summed E-state index contributed by atoms with van der Waals surface area (Å²) in [5, 5.41) is 0. The minimum absolute atomic E-state index is 0.0873. The predicted molar refractivity (Wildman–Crippen MR) is 62.4 cm³/mol. The molecular formula is C12H22N2O. The molecule has 86 valence electrons. The van der Waals surface area contributed by atoms with Crippen molar-refractivity contribution in [2.24, 2.45) is 5.73 Å². The molecule has 0 saturated carbocycles. The molecule has 0 radical (unpaired) electrons. The van der Waals surface area contributed by atoms with Crippen LogP contribution in [0.5, 0.6) is 0 Å². The van der Waals surface area contributed by atoms with Gasteiger partial charge in [0.05, 0.1) is 6.04 Å². The Balaban J connectivity index is 2.58. The smallest absolute Gasteiger partial charge is 0.240 e. The largest absolute Gasteiger partial charge is 0.339 e. The van der Waals surface area contributed by atoms with E-state index in [0.717, 1.165) is 19.4 Å². The number of nitrogens with zero attached hydrogens (tertiary/aromatic N) is 1. The first kappa shape index (κ1) is 12.2. The van der Waals surface area contributed by atoms with Gasteiger partial charge in [0.15, 0.2) is 0 Å². The van der Waals surface area contributed by atoms with Crippen molar-refractivity contribution >= 4 is 5.91 Å². The van der Waals surface area contributed by atoms with Crippen LogP contribution < -0.4 is 5.73 Å². The summed E-state index contributed by atoms with van der Waals surface area (Å²) in [4.78, 5) is 13.9. The third-order valence-corrected chi connectivity index (χ3v) is 3.07. The zero-order valence-electron chi connectivity index (χ0n) is 9.61. The number of rotatable bonds is 3. The molecule has 3 heteroatoms. The molecule has 1 fully saturated rings. The highest BCUT2D eigenvalue weighted by Crippen LogP contribution is 2.17. The second-order valence-electron chi connectivity index (χ2n) is 4.36. The Kier molecular flexibility index (Phi) is 4.82. The Hall–Kier alpha value is -0.830. The maximum Gasteiger partial charge on any atom is 0.240 e. The third-order valence-electron chi connectivity index (χ3n) is 3.07. The van der Waals surface area contributed by atoms with Crippen LogP contribution in [0.4, 0.5) is 0 Å². The first-order valence-corrected chi connectivity index (χ1v) is 5.83. The fourth-order valence-electron chi connectivity index (χ4n) is 2.10. The van der Waals surface area contributed by atoms with Gasteiger partial charge in [-0.05, 0) is 26.2 Å². The van der Waals surface area contributed by atoms with Crippen molar-refractivity contribution in [1.29, 1.82) is 0 Å². The summed E-state index contributed by atoms with van der Waals surface area (Å²) in [7, 11) is 0. The zero-order valence-corrected chi connectivity index (χ0v) is 9.61. The van der Waals surface area contributed by atoms with Crippen LogP contribution in [0.25, 0.3) is 0 Å². The van der Waals surface area contributed by atoms with Crippen LogP contribution in [0.3, 0.4) is 0 Å². The highest BCUT2D eigenvalue weighted by atomic mass is 16.2. The second-order valence-corrected chi connectivity index (χ2v) is 4.36. The second kappa shape index (κ2) is 5.91. The summed E-state index contributed by atoms with van der Waals surface area (Å²) >= 11 is 0. The Morgan fingerprint density at radius 2 is 2.33 bits per heavy atom. The van der Waals surface area contributed by atoms with Crippen LogP contribution in [0.2, 0.25) is 0 Å². The molecule has 0 aromatic heterocycles. The first-order valence-electron chi connectivity index (χ1n) is 5.83. The molecule has 1 aliphatic rings. The van der Waals surface area contributed by atoms with E-state index in [1.54, 1.807) is 6.08 Å². The number of likely N-dealkylation sites (tertiary alicyclic amines) is 1. The Labute approximate surface area is 92.3 Å². The van der Waals surface area contributed by atoms with E-state index in [4.69, 9.17) is 5.73 Å². The average molecular weight is 210 g/mol. The summed E-state index contributed by atoms with van der Waals surface area (Å²) < 4.78 is 0. The number of amides is 1. The lowest BCUT2D eigenvalue weighted by Gasteiger charge is -2.29. The number of nitrogens with two attached hydrogens (primary N) is 1. The lowest BCUT2D eigenvalue weighted by Crippen LogP contribution is -2.47. The SMILES string of the molecule is C=CCC(N)C(=O)N1CCCCCC1C. The molecule has 1 aliphatic heterocycles. The van der Waals surface area contributed by atoms with Crippen LogP contribution in [0.1, 0.15) is 39.0 Å². The van der Waals surface area contributed by atoms with Gasteiger partial charge in [-0.25, -0.2) is 0 Å². The summed E-state index contributed by atoms with van der Waals surface area (Å²) in [5.41, 5.74) is 5.81. The van der Waals surface area contributed by atoms with Gasteiger partial charge in [-0.3, -0.25) is 4.79 Å². The van der Waals surface area contributed by atoms with Gasteiger partial charge in [0, 0.05) is 12.6 Å². The monoisotopic (exact) mass is 210 g/mol. The number of hydrogen-bond donors (Lipinski definition) is 1. The molecule has 2 unspecified atom stereocenters. The van der Waals surface area contributed by atoms with Crippen molar-refractivity contribution in [3.05, 3.63) is 12.7 Å². The topological polar surface area (TPSA) is 46.3 Å². The number of hydrogen-bond acceptors (Lipinski definition) is 2. The molecular weight excluding hydrogens is 188 g/mol. The maximum absolute atomic E-state index is 12.0. The van der Waals surface area contributed by atoms with E-state index in [-0.39, 0.29) is 5.91 Å². The molecule has 0 bridgehead atoms. The molecule has 3 nitrogen and oxygen atoms in total. The minimum atomic E-state index is -0.400. The Morgan fingerprint density at radius 3 is 3.00 bits per heavy atom. The molecule has 15 heavy (non-hydrogen) atoms. The van der Waals surface area contributed by atoms with Crippen molar-refractivity contribution in [1.82, 2.24) is 4.90 Å². The molecule has 1 amide bonds. The van der Waals surface area contributed by atoms with Gasteiger partial charge in [-0.2, -0.15) is 0 Å². The summed E-state index contributed by atoms with van der Waals surface area (Å²) in [6.07, 6.45) is 6.95. The van der Waals surface area contributed by atoms with Gasteiger partial charge in [-0.1, -0.05) is 18.9 Å². The van der Waals surface area contributed by atoms with E-state index in [9.17, 15) is 4.79 Å². The van der Waals surface area contributed by atoms with E-state index in [1.165, 1.54) is 12.8 Å². The quantitative estimate of drug-likeness (QED) is 0.720.